The van der Waals surface area contributed by atoms with Crippen molar-refractivity contribution in [3.63, 3.8) is 0 Å². The maximum absolute atomic E-state index is 12.3. The van der Waals surface area contributed by atoms with Crippen molar-refractivity contribution in [1.29, 1.82) is 0 Å². The van der Waals surface area contributed by atoms with E-state index in [4.69, 9.17) is 0 Å². The Morgan fingerprint density at radius 2 is 1.83 bits per heavy atom. The number of carbonyl (C=O) groups excluding carboxylic acids is 1. The molecule has 3 aliphatic heterocycles. The number of hydrogen-bond acceptors (Lipinski definition) is 3. The normalized spacial score (nSPS) is 34.1. The summed E-state index contributed by atoms with van der Waals surface area (Å²) in [6.07, 6.45) is 7.43. The van der Waals surface area contributed by atoms with E-state index in [0.717, 1.165) is 32.5 Å². The second kappa shape index (κ2) is 5.57. The summed E-state index contributed by atoms with van der Waals surface area (Å²) in [6.45, 7) is 5.44. The van der Waals surface area contributed by atoms with Crippen LogP contribution in [0.15, 0.2) is 0 Å². The molecule has 4 heteroatoms. The zero-order chi connectivity index (χ0) is 12.4. The quantitative estimate of drug-likeness (QED) is 0.789. The zero-order valence-electron chi connectivity index (χ0n) is 11.2. The molecule has 0 spiro atoms. The van der Waals surface area contributed by atoms with Crippen LogP contribution in [0.5, 0.6) is 0 Å². The van der Waals surface area contributed by atoms with Crippen LogP contribution in [-0.2, 0) is 4.79 Å². The van der Waals surface area contributed by atoms with Crippen molar-refractivity contribution in [2.24, 2.45) is 0 Å². The largest absolute Gasteiger partial charge is 0.340 e. The Morgan fingerprint density at radius 3 is 2.56 bits per heavy atom. The minimum Gasteiger partial charge on any atom is -0.340 e. The van der Waals surface area contributed by atoms with Crippen LogP contribution in [0.4, 0.5) is 0 Å². The third-order valence-corrected chi connectivity index (χ3v) is 4.74. The fourth-order valence-electron chi connectivity index (χ4n) is 3.64. The first-order valence-corrected chi connectivity index (χ1v) is 7.61. The molecule has 102 valence electrons. The van der Waals surface area contributed by atoms with E-state index in [1.807, 2.05) is 0 Å². The summed E-state index contributed by atoms with van der Waals surface area (Å²) in [5.74, 6) is 0.354. The Bertz CT molecular complexity index is 295. The zero-order valence-corrected chi connectivity index (χ0v) is 11.2. The Hall–Kier alpha value is -0.610. The van der Waals surface area contributed by atoms with E-state index in [-0.39, 0.29) is 6.04 Å². The highest BCUT2D eigenvalue weighted by Crippen LogP contribution is 2.21. The third kappa shape index (κ3) is 2.54. The van der Waals surface area contributed by atoms with Gasteiger partial charge in [0.05, 0.1) is 6.04 Å². The second-order valence-corrected chi connectivity index (χ2v) is 5.97. The number of amides is 1. The molecule has 1 N–H and O–H groups in total. The molecule has 3 heterocycles. The number of rotatable bonds is 2. The van der Waals surface area contributed by atoms with E-state index in [1.54, 1.807) is 0 Å². The summed E-state index contributed by atoms with van der Waals surface area (Å²) in [5.41, 5.74) is 0. The topological polar surface area (TPSA) is 35.6 Å². The Morgan fingerprint density at radius 1 is 1.00 bits per heavy atom. The smallest absolute Gasteiger partial charge is 0.239 e. The maximum atomic E-state index is 12.3. The second-order valence-electron chi connectivity index (χ2n) is 5.97. The summed E-state index contributed by atoms with van der Waals surface area (Å²) >= 11 is 0. The van der Waals surface area contributed by atoms with Crippen molar-refractivity contribution in [2.45, 2.75) is 50.6 Å². The molecule has 3 saturated heterocycles. The molecule has 0 aromatic carbocycles. The summed E-state index contributed by atoms with van der Waals surface area (Å²) in [7, 11) is 0. The van der Waals surface area contributed by atoms with Gasteiger partial charge in [-0.05, 0) is 51.7 Å². The fourth-order valence-corrected chi connectivity index (χ4v) is 3.64. The van der Waals surface area contributed by atoms with Gasteiger partial charge in [0.15, 0.2) is 0 Å². The summed E-state index contributed by atoms with van der Waals surface area (Å²) in [4.78, 5) is 17.0. The van der Waals surface area contributed by atoms with E-state index >= 15 is 0 Å². The van der Waals surface area contributed by atoms with Crippen LogP contribution in [0, 0.1) is 0 Å². The first-order chi connectivity index (χ1) is 8.84. The molecule has 0 aromatic heterocycles. The van der Waals surface area contributed by atoms with Gasteiger partial charge in [0, 0.05) is 19.1 Å². The highest BCUT2D eigenvalue weighted by Gasteiger charge is 2.34. The molecule has 3 aliphatic rings. The lowest BCUT2D eigenvalue weighted by Gasteiger charge is -2.32. The number of nitrogens with one attached hydrogen (secondary N) is 1. The molecule has 3 fully saturated rings. The fraction of sp³-hybridized carbons (Fsp3) is 0.929. The van der Waals surface area contributed by atoms with Crippen molar-refractivity contribution in [3.05, 3.63) is 0 Å². The molecule has 1 unspecified atom stereocenters. The number of nitrogens with zero attached hydrogens (tertiary/aromatic N) is 2. The van der Waals surface area contributed by atoms with Gasteiger partial charge in [0.1, 0.15) is 0 Å². The van der Waals surface area contributed by atoms with Crippen LogP contribution >= 0.6 is 0 Å². The van der Waals surface area contributed by atoms with Gasteiger partial charge in [-0.2, -0.15) is 0 Å². The van der Waals surface area contributed by atoms with Gasteiger partial charge in [0.25, 0.3) is 0 Å². The molecule has 0 bridgehead atoms. The number of carbonyl (C=O) groups is 1. The van der Waals surface area contributed by atoms with Crippen molar-refractivity contribution in [1.82, 2.24) is 15.1 Å². The first-order valence-electron chi connectivity index (χ1n) is 7.61. The van der Waals surface area contributed by atoms with Gasteiger partial charge in [-0.1, -0.05) is 6.42 Å². The molecule has 4 nitrogen and oxygen atoms in total. The minimum absolute atomic E-state index is 0.116. The monoisotopic (exact) mass is 251 g/mol. The molecule has 0 aromatic rings. The standard InChI is InChI=1S/C14H25N3O/c18-14(13-5-4-7-15-13)17-10-6-12(11-17)16-8-2-1-3-9-16/h12-13,15H,1-11H2/t12?,13-/m0/s1. The Kier molecular flexibility index (Phi) is 3.85. The van der Waals surface area contributed by atoms with Crippen LogP contribution in [0.1, 0.15) is 38.5 Å². The van der Waals surface area contributed by atoms with Crippen LogP contribution in [0.2, 0.25) is 0 Å². The highest BCUT2D eigenvalue weighted by molar-refractivity contribution is 5.82. The molecule has 0 radical (unpaired) electrons. The van der Waals surface area contributed by atoms with E-state index < -0.39 is 0 Å². The summed E-state index contributed by atoms with van der Waals surface area (Å²) in [6, 6.07) is 0.751. The maximum Gasteiger partial charge on any atom is 0.239 e. The highest BCUT2D eigenvalue weighted by atomic mass is 16.2. The molecule has 3 rings (SSSR count). The van der Waals surface area contributed by atoms with E-state index in [1.165, 1.54) is 38.8 Å². The molecular weight excluding hydrogens is 226 g/mol. The van der Waals surface area contributed by atoms with Crippen LogP contribution < -0.4 is 5.32 Å². The molecular formula is C14H25N3O. The SMILES string of the molecule is O=C([C@@H]1CCCN1)N1CCC(N2CCCCC2)C1. The van der Waals surface area contributed by atoms with Gasteiger partial charge in [0.2, 0.25) is 5.91 Å². The average molecular weight is 251 g/mol. The van der Waals surface area contributed by atoms with Crippen LogP contribution in [0.25, 0.3) is 0 Å². The van der Waals surface area contributed by atoms with E-state index in [0.29, 0.717) is 11.9 Å². The number of piperidine rings is 1. The predicted molar refractivity (Wildman–Crippen MR) is 71.4 cm³/mol. The third-order valence-electron chi connectivity index (χ3n) is 4.74. The van der Waals surface area contributed by atoms with E-state index in [2.05, 4.69) is 15.1 Å². The van der Waals surface area contributed by atoms with Gasteiger partial charge in [-0.25, -0.2) is 0 Å². The van der Waals surface area contributed by atoms with E-state index in [9.17, 15) is 4.79 Å². The van der Waals surface area contributed by atoms with Crippen LogP contribution in [-0.4, -0.2) is 60.5 Å². The molecule has 1 amide bonds. The lowest BCUT2D eigenvalue weighted by atomic mass is 10.1. The minimum atomic E-state index is 0.116. The van der Waals surface area contributed by atoms with Crippen molar-refractivity contribution in [2.75, 3.05) is 32.7 Å². The van der Waals surface area contributed by atoms with Gasteiger partial charge in [-0.15, -0.1) is 0 Å². The lowest BCUT2D eigenvalue weighted by molar-refractivity contribution is -0.132. The molecule has 18 heavy (non-hydrogen) atoms. The first kappa shape index (κ1) is 12.4. The van der Waals surface area contributed by atoms with Gasteiger partial charge < -0.3 is 10.2 Å². The van der Waals surface area contributed by atoms with Crippen molar-refractivity contribution < 1.29 is 4.79 Å². The average Bonchev–Trinajstić information content (AvgIpc) is 3.10. The number of likely N-dealkylation sites (tertiary alicyclic amines) is 2. The van der Waals surface area contributed by atoms with Crippen molar-refractivity contribution >= 4 is 5.91 Å². The Balaban J connectivity index is 1.52. The number of hydrogen-bond donors (Lipinski definition) is 1. The predicted octanol–water partition coefficient (Wildman–Crippen LogP) is 0.825. The van der Waals surface area contributed by atoms with Crippen molar-refractivity contribution in [3.8, 4) is 0 Å². The molecule has 0 saturated carbocycles. The molecule has 2 atom stereocenters. The van der Waals surface area contributed by atoms with Gasteiger partial charge in [-0.3, -0.25) is 9.69 Å². The van der Waals surface area contributed by atoms with Gasteiger partial charge >= 0.3 is 0 Å². The van der Waals surface area contributed by atoms with Crippen LogP contribution in [0.3, 0.4) is 0 Å². The Labute approximate surface area is 110 Å². The molecule has 0 aliphatic carbocycles. The summed E-state index contributed by atoms with van der Waals surface area (Å²) in [5, 5.41) is 3.32. The lowest BCUT2D eigenvalue weighted by Crippen LogP contribution is -2.45. The summed E-state index contributed by atoms with van der Waals surface area (Å²) < 4.78 is 0.